The quantitative estimate of drug-likeness (QED) is 0.437. The lowest BCUT2D eigenvalue weighted by Gasteiger charge is -2.11. The summed E-state index contributed by atoms with van der Waals surface area (Å²) in [6.07, 6.45) is 0. The minimum Gasteiger partial charge on any atom is -0.457 e. The van der Waals surface area contributed by atoms with Gasteiger partial charge in [0.15, 0.2) is 0 Å². The van der Waals surface area contributed by atoms with Crippen molar-refractivity contribution in [3.8, 4) is 40.0 Å². The van der Waals surface area contributed by atoms with Crippen LogP contribution in [0.3, 0.4) is 0 Å². The molecule has 0 bridgehead atoms. The predicted molar refractivity (Wildman–Crippen MR) is 116 cm³/mol. The van der Waals surface area contributed by atoms with Gasteiger partial charge in [0.05, 0.1) is 5.69 Å². The maximum Gasteiger partial charge on any atom is 0.142 e. The third-order valence-electron chi connectivity index (χ3n) is 4.42. The normalized spacial score (nSPS) is 10.3. The SMILES string of the molecule is N#Cc1c(-c2cccc(Cl)c2)cc(-c2ccc(Oc3ccccc3)cc2)nc1N. The molecular weight excluding hydrogens is 382 g/mol. The number of anilines is 1. The van der Waals surface area contributed by atoms with E-state index < -0.39 is 0 Å². The zero-order valence-corrected chi connectivity index (χ0v) is 16.1. The van der Waals surface area contributed by atoms with Gasteiger partial charge in [-0.25, -0.2) is 4.98 Å². The Morgan fingerprint density at radius 1 is 0.828 bits per heavy atom. The van der Waals surface area contributed by atoms with Crippen LogP contribution in [0.15, 0.2) is 84.9 Å². The topological polar surface area (TPSA) is 71.9 Å². The molecule has 0 radical (unpaired) electrons. The number of benzene rings is 3. The molecule has 3 aromatic carbocycles. The minimum absolute atomic E-state index is 0.185. The molecule has 140 valence electrons. The zero-order chi connectivity index (χ0) is 20.2. The number of nitrogens with two attached hydrogens (primary N) is 1. The lowest BCUT2D eigenvalue weighted by molar-refractivity contribution is 0.483. The first kappa shape index (κ1) is 18.5. The second kappa shape index (κ2) is 8.05. The van der Waals surface area contributed by atoms with E-state index in [1.807, 2.05) is 72.8 Å². The molecule has 0 amide bonds. The van der Waals surface area contributed by atoms with Crippen molar-refractivity contribution in [3.05, 3.63) is 95.5 Å². The number of nitriles is 1. The monoisotopic (exact) mass is 397 g/mol. The molecule has 0 fully saturated rings. The molecule has 5 heteroatoms. The van der Waals surface area contributed by atoms with Crippen LogP contribution in [0.2, 0.25) is 5.02 Å². The van der Waals surface area contributed by atoms with Crippen molar-refractivity contribution in [1.29, 1.82) is 5.26 Å². The van der Waals surface area contributed by atoms with Crippen molar-refractivity contribution in [2.75, 3.05) is 5.73 Å². The van der Waals surface area contributed by atoms with Gasteiger partial charge in [-0.15, -0.1) is 0 Å². The summed E-state index contributed by atoms with van der Waals surface area (Å²) in [5, 5.41) is 10.1. The second-order valence-electron chi connectivity index (χ2n) is 6.38. The predicted octanol–water partition coefficient (Wildman–Crippen LogP) is 6.32. The standard InChI is InChI=1S/C24H16ClN3O/c25-18-6-4-5-17(13-18)21-14-23(28-24(27)22(21)15-26)16-9-11-20(12-10-16)29-19-7-2-1-3-8-19/h1-14H,(H2,27,28). The summed E-state index contributed by atoms with van der Waals surface area (Å²) in [6, 6.07) is 28.5. The Bertz CT molecular complexity index is 1200. The van der Waals surface area contributed by atoms with Crippen LogP contribution in [0.4, 0.5) is 5.82 Å². The first-order chi connectivity index (χ1) is 14.1. The number of nitrogens with zero attached hydrogens (tertiary/aromatic N) is 2. The molecular formula is C24H16ClN3O. The maximum absolute atomic E-state index is 9.55. The lowest BCUT2D eigenvalue weighted by Crippen LogP contribution is -1.99. The minimum atomic E-state index is 0.185. The molecule has 4 nitrogen and oxygen atoms in total. The van der Waals surface area contributed by atoms with Crippen molar-refractivity contribution in [2.24, 2.45) is 0 Å². The smallest absolute Gasteiger partial charge is 0.142 e. The number of hydrogen-bond acceptors (Lipinski definition) is 4. The van der Waals surface area contributed by atoms with Crippen LogP contribution in [0, 0.1) is 11.3 Å². The third kappa shape index (κ3) is 4.06. The first-order valence-electron chi connectivity index (χ1n) is 8.94. The Morgan fingerprint density at radius 3 is 2.24 bits per heavy atom. The summed E-state index contributed by atoms with van der Waals surface area (Å²) in [4.78, 5) is 4.42. The highest BCUT2D eigenvalue weighted by molar-refractivity contribution is 6.30. The highest BCUT2D eigenvalue weighted by Crippen LogP contribution is 2.33. The van der Waals surface area contributed by atoms with Crippen molar-refractivity contribution < 1.29 is 4.74 Å². The summed E-state index contributed by atoms with van der Waals surface area (Å²) in [5.41, 5.74) is 9.46. The number of para-hydroxylation sites is 1. The van der Waals surface area contributed by atoms with E-state index in [0.717, 1.165) is 22.6 Å². The first-order valence-corrected chi connectivity index (χ1v) is 9.32. The van der Waals surface area contributed by atoms with Crippen LogP contribution in [-0.4, -0.2) is 4.98 Å². The zero-order valence-electron chi connectivity index (χ0n) is 15.3. The molecule has 0 aliphatic rings. The average molecular weight is 398 g/mol. The number of ether oxygens (including phenoxy) is 1. The van der Waals surface area contributed by atoms with Crippen LogP contribution in [0.1, 0.15) is 5.56 Å². The molecule has 1 heterocycles. The second-order valence-corrected chi connectivity index (χ2v) is 6.81. The lowest BCUT2D eigenvalue weighted by atomic mass is 9.98. The van der Waals surface area contributed by atoms with Gasteiger partial charge < -0.3 is 10.5 Å². The van der Waals surface area contributed by atoms with Gasteiger partial charge in [-0.3, -0.25) is 0 Å². The van der Waals surface area contributed by atoms with Gasteiger partial charge in [-0.2, -0.15) is 5.26 Å². The largest absolute Gasteiger partial charge is 0.457 e. The molecule has 4 aromatic rings. The Morgan fingerprint density at radius 2 is 1.55 bits per heavy atom. The van der Waals surface area contributed by atoms with Crippen LogP contribution >= 0.6 is 11.6 Å². The molecule has 0 unspecified atom stereocenters. The van der Waals surface area contributed by atoms with E-state index in [0.29, 0.717) is 21.8 Å². The Labute approximate surface area is 173 Å². The fourth-order valence-corrected chi connectivity index (χ4v) is 3.22. The van der Waals surface area contributed by atoms with Crippen LogP contribution in [0.5, 0.6) is 11.5 Å². The van der Waals surface area contributed by atoms with Crippen LogP contribution in [0.25, 0.3) is 22.4 Å². The summed E-state index contributed by atoms with van der Waals surface area (Å²) in [7, 11) is 0. The van der Waals surface area contributed by atoms with Gasteiger partial charge in [0.1, 0.15) is 28.9 Å². The molecule has 2 N–H and O–H groups in total. The van der Waals surface area contributed by atoms with Crippen molar-refractivity contribution in [2.45, 2.75) is 0 Å². The number of aromatic nitrogens is 1. The highest BCUT2D eigenvalue weighted by Gasteiger charge is 2.14. The average Bonchev–Trinajstić information content (AvgIpc) is 2.74. The maximum atomic E-state index is 9.55. The molecule has 0 spiro atoms. The highest BCUT2D eigenvalue weighted by atomic mass is 35.5. The molecule has 4 rings (SSSR count). The Hall–Kier alpha value is -3.81. The molecule has 0 saturated carbocycles. The number of rotatable bonds is 4. The summed E-state index contributed by atoms with van der Waals surface area (Å²) in [5.74, 6) is 1.67. The van der Waals surface area contributed by atoms with Crippen LogP contribution < -0.4 is 10.5 Å². The van der Waals surface area contributed by atoms with Gasteiger partial charge >= 0.3 is 0 Å². The van der Waals surface area contributed by atoms with E-state index in [1.165, 1.54) is 0 Å². The summed E-state index contributed by atoms with van der Waals surface area (Å²) >= 11 is 6.13. The van der Waals surface area contributed by atoms with E-state index >= 15 is 0 Å². The molecule has 0 aliphatic heterocycles. The number of pyridine rings is 1. The molecule has 0 saturated heterocycles. The number of nitrogen functional groups attached to an aromatic ring is 1. The number of hydrogen-bond donors (Lipinski definition) is 1. The fraction of sp³-hybridized carbons (Fsp3) is 0. The van der Waals surface area contributed by atoms with Crippen LogP contribution in [-0.2, 0) is 0 Å². The van der Waals surface area contributed by atoms with E-state index in [-0.39, 0.29) is 5.82 Å². The Balaban J connectivity index is 1.71. The molecule has 0 atom stereocenters. The van der Waals surface area contributed by atoms with E-state index in [2.05, 4.69) is 11.1 Å². The van der Waals surface area contributed by atoms with E-state index in [1.54, 1.807) is 12.1 Å². The van der Waals surface area contributed by atoms with Gasteiger partial charge in [0.2, 0.25) is 0 Å². The molecule has 0 aliphatic carbocycles. The van der Waals surface area contributed by atoms with Gasteiger partial charge in [-0.1, -0.05) is 41.9 Å². The van der Waals surface area contributed by atoms with Crippen molar-refractivity contribution >= 4 is 17.4 Å². The van der Waals surface area contributed by atoms with E-state index in [9.17, 15) is 5.26 Å². The van der Waals surface area contributed by atoms with Gasteiger partial charge in [0, 0.05) is 16.1 Å². The van der Waals surface area contributed by atoms with Gasteiger partial charge in [-0.05, 0) is 60.2 Å². The Kier molecular flexibility index (Phi) is 5.15. The van der Waals surface area contributed by atoms with Crippen molar-refractivity contribution in [1.82, 2.24) is 4.98 Å². The van der Waals surface area contributed by atoms with Gasteiger partial charge in [0.25, 0.3) is 0 Å². The van der Waals surface area contributed by atoms with E-state index in [4.69, 9.17) is 22.1 Å². The molecule has 29 heavy (non-hydrogen) atoms. The third-order valence-corrected chi connectivity index (χ3v) is 4.66. The number of halogens is 1. The molecule has 1 aromatic heterocycles. The summed E-state index contributed by atoms with van der Waals surface area (Å²) < 4.78 is 5.83. The van der Waals surface area contributed by atoms with Crippen molar-refractivity contribution in [3.63, 3.8) is 0 Å². The fourth-order valence-electron chi connectivity index (χ4n) is 3.03. The summed E-state index contributed by atoms with van der Waals surface area (Å²) in [6.45, 7) is 0.